The van der Waals surface area contributed by atoms with Crippen LogP contribution in [0.4, 0.5) is 0 Å². The number of benzene rings is 3. The molecule has 10 heteroatoms. The Labute approximate surface area is 236 Å². The maximum absolute atomic E-state index is 14.2. The number of carbonyl (C=O) groups excluding carboxylic acids is 1. The van der Waals surface area contributed by atoms with Crippen LogP contribution in [-0.4, -0.2) is 46.9 Å². The number of morpholine rings is 1. The standard InChI is InChI=1S/C30H27ClN2O6S/c31-22-9-6-8-21(15-22)29-28(32(18-19-13-14-19)30(36)26(39-29)17-27(34)35)25-16-20-7-4-5-12-24(20)33(25)40(37,38)23-10-2-1-3-11-23/h1-12,15-16,19,26,28-29H,13-14,17-18H2,(H,34,35)/t26-,28?,29-/m1/s1. The van der Waals surface area contributed by atoms with Gasteiger partial charge in [0, 0.05) is 17.0 Å². The number of rotatable bonds is 8. The molecule has 1 unspecified atom stereocenters. The van der Waals surface area contributed by atoms with Crippen LogP contribution in [-0.2, 0) is 24.3 Å². The molecule has 4 aromatic rings. The van der Waals surface area contributed by atoms with Crippen molar-refractivity contribution in [1.82, 2.24) is 8.87 Å². The van der Waals surface area contributed by atoms with Gasteiger partial charge in [0.1, 0.15) is 18.2 Å². The average Bonchev–Trinajstić information content (AvgIpc) is 3.67. The first-order valence-corrected chi connectivity index (χ1v) is 14.9. The second-order valence-corrected chi connectivity index (χ2v) is 12.5. The van der Waals surface area contributed by atoms with Crippen molar-refractivity contribution in [2.75, 3.05) is 6.54 Å². The maximum atomic E-state index is 14.2. The molecular weight excluding hydrogens is 552 g/mol. The third-order valence-corrected chi connectivity index (χ3v) is 9.45. The minimum absolute atomic E-state index is 0.109. The number of para-hydroxylation sites is 1. The van der Waals surface area contributed by atoms with Crippen molar-refractivity contribution in [3.8, 4) is 0 Å². The lowest BCUT2D eigenvalue weighted by Crippen LogP contribution is -2.52. The number of carboxylic acid groups (broad SMARTS) is 1. The van der Waals surface area contributed by atoms with Crippen molar-refractivity contribution in [1.29, 1.82) is 0 Å². The smallest absolute Gasteiger partial charge is 0.306 e. The number of hydrogen-bond acceptors (Lipinski definition) is 5. The zero-order chi connectivity index (χ0) is 28.0. The van der Waals surface area contributed by atoms with Gasteiger partial charge in [-0.05, 0) is 60.7 Å². The van der Waals surface area contributed by atoms with Crippen molar-refractivity contribution in [3.05, 3.63) is 101 Å². The molecule has 3 aromatic carbocycles. The molecule has 1 saturated carbocycles. The second kappa shape index (κ2) is 10.4. The molecular formula is C30H27ClN2O6S. The molecule has 1 aromatic heterocycles. The van der Waals surface area contributed by atoms with Crippen molar-refractivity contribution in [2.24, 2.45) is 5.92 Å². The van der Waals surface area contributed by atoms with Crippen molar-refractivity contribution < 1.29 is 27.9 Å². The lowest BCUT2D eigenvalue weighted by Gasteiger charge is -2.44. The molecule has 2 aliphatic rings. The van der Waals surface area contributed by atoms with E-state index >= 15 is 0 Å². The summed E-state index contributed by atoms with van der Waals surface area (Å²) in [5.74, 6) is -1.38. The fourth-order valence-corrected chi connectivity index (χ4v) is 7.23. The van der Waals surface area contributed by atoms with Gasteiger partial charge in [0.2, 0.25) is 0 Å². The van der Waals surface area contributed by atoms with Crippen LogP contribution in [0.3, 0.4) is 0 Å². The van der Waals surface area contributed by atoms with E-state index in [1.807, 2.05) is 12.1 Å². The van der Waals surface area contributed by atoms with E-state index < -0.39 is 46.6 Å². The molecule has 0 radical (unpaired) electrons. The van der Waals surface area contributed by atoms with Gasteiger partial charge in [-0.3, -0.25) is 9.59 Å². The van der Waals surface area contributed by atoms with Gasteiger partial charge in [0.15, 0.2) is 0 Å². The molecule has 1 aliphatic carbocycles. The Balaban J connectivity index is 1.60. The summed E-state index contributed by atoms with van der Waals surface area (Å²) in [6.07, 6.45) is -0.717. The molecule has 40 heavy (non-hydrogen) atoms. The van der Waals surface area contributed by atoms with Crippen LogP contribution in [0, 0.1) is 5.92 Å². The Kier molecular flexibility index (Phi) is 6.90. The van der Waals surface area contributed by atoms with Crippen molar-refractivity contribution in [2.45, 2.75) is 42.4 Å². The van der Waals surface area contributed by atoms with E-state index in [0.29, 0.717) is 33.7 Å². The van der Waals surface area contributed by atoms with Crippen molar-refractivity contribution in [3.63, 3.8) is 0 Å². The summed E-state index contributed by atoms with van der Waals surface area (Å²) in [5.41, 5.74) is 1.45. The second-order valence-electron chi connectivity index (χ2n) is 10.3. The van der Waals surface area contributed by atoms with Crippen LogP contribution in [0.25, 0.3) is 10.9 Å². The van der Waals surface area contributed by atoms with Gasteiger partial charge in [-0.1, -0.05) is 60.1 Å². The van der Waals surface area contributed by atoms with Gasteiger partial charge < -0.3 is 14.7 Å². The predicted octanol–water partition coefficient (Wildman–Crippen LogP) is 5.43. The fraction of sp³-hybridized carbons (Fsp3) is 0.267. The summed E-state index contributed by atoms with van der Waals surface area (Å²) in [7, 11) is -4.10. The fourth-order valence-electron chi connectivity index (χ4n) is 5.45. The largest absolute Gasteiger partial charge is 0.481 e. The minimum atomic E-state index is -4.10. The first-order valence-electron chi connectivity index (χ1n) is 13.1. The zero-order valence-corrected chi connectivity index (χ0v) is 23.0. The Hall–Kier alpha value is -3.66. The molecule has 6 rings (SSSR count). The normalized spacial score (nSPS) is 21.6. The van der Waals surface area contributed by atoms with E-state index in [4.69, 9.17) is 16.3 Å². The number of carboxylic acids is 1. The number of nitrogens with zero attached hydrogens (tertiary/aromatic N) is 2. The van der Waals surface area contributed by atoms with Crippen LogP contribution in [0.15, 0.2) is 89.8 Å². The van der Waals surface area contributed by atoms with Crippen molar-refractivity contribution >= 4 is 44.4 Å². The summed E-state index contributed by atoms with van der Waals surface area (Å²) in [6, 6.07) is 23.2. The lowest BCUT2D eigenvalue weighted by atomic mass is 9.94. The van der Waals surface area contributed by atoms with E-state index in [-0.39, 0.29) is 10.8 Å². The van der Waals surface area contributed by atoms with Crippen LogP contribution < -0.4 is 0 Å². The summed E-state index contributed by atoms with van der Waals surface area (Å²) < 4.78 is 36.0. The molecule has 8 nitrogen and oxygen atoms in total. The molecule has 1 amide bonds. The molecule has 0 spiro atoms. The summed E-state index contributed by atoms with van der Waals surface area (Å²) >= 11 is 6.35. The van der Waals surface area contributed by atoms with Gasteiger partial charge in [0.05, 0.1) is 22.5 Å². The van der Waals surface area contributed by atoms with Gasteiger partial charge in [-0.2, -0.15) is 0 Å². The van der Waals surface area contributed by atoms with E-state index in [1.165, 1.54) is 16.1 Å². The molecule has 1 N–H and O–H groups in total. The first-order chi connectivity index (χ1) is 19.2. The first kappa shape index (κ1) is 26.6. The molecule has 2 fully saturated rings. The predicted molar refractivity (Wildman–Crippen MR) is 149 cm³/mol. The van der Waals surface area contributed by atoms with Crippen LogP contribution >= 0.6 is 11.6 Å². The minimum Gasteiger partial charge on any atom is -0.481 e. The summed E-state index contributed by atoms with van der Waals surface area (Å²) in [6.45, 7) is 0.368. The third-order valence-electron chi connectivity index (χ3n) is 7.46. The van der Waals surface area contributed by atoms with E-state index in [0.717, 1.165) is 12.8 Å². The number of carbonyl (C=O) groups is 2. The maximum Gasteiger partial charge on any atom is 0.306 e. The Morgan fingerprint density at radius 1 is 0.975 bits per heavy atom. The van der Waals surface area contributed by atoms with Crippen LogP contribution in [0.2, 0.25) is 5.02 Å². The Morgan fingerprint density at radius 2 is 1.70 bits per heavy atom. The topological polar surface area (TPSA) is 106 Å². The highest BCUT2D eigenvalue weighted by atomic mass is 35.5. The molecule has 1 saturated heterocycles. The van der Waals surface area contributed by atoms with Gasteiger partial charge in [0.25, 0.3) is 15.9 Å². The Morgan fingerprint density at radius 3 is 2.40 bits per heavy atom. The number of fused-ring (bicyclic) bond motifs is 1. The van der Waals surface area contributed by atoms with Crippen LogP contribution in [0.5, 0.6) is 0 Å². The van der Waals surface area contributed by atoms with E-state index in [9.17, 15) is 23.1 Å². The quantitative estimate of drug-likeness (QED) is 0.299. The average molecular weight is 579 g/mol. The highest BCUT2D eigenvalue weighted by molar-refractivity contribution is 7.90. The van der Waals surface area contributed by atoms with E-state index in [2.05, 4.69) is 0 Å². The number of hydrogen-bond donors (Lipinski definition) is 1. The van der Waals surface area contributed by atoms with Crippen LogP contribution in [0.1, 0.15) is 42.7 Å². The summed E-state index contributed by atoms with van der Waals surface area (Å²) in [4.78, 5) is 27.3. The molecule has 0 bridgehead atoms. The molecule has 206 valence electrons. The molecule has 3 atom stereocenters. The highest BCUT2D eigenvalue weighted by Gasteiger charge is 2.48. The summed E-state index contributed by atoms with van der Waals surface area (Å²) in [5, 5.41) is 10.7. The number of amides is 1. The number of aromatic nitrogens is 1. The van der Waals surface area contributed by atoms with E-state index in [1.54, 1.807) is 65.6 Å². The zero-order valence-electron chi connectivity index (χ0n) is 21.4. The molecule has 1 aliphatic heterocycles. The highest BCUT2D eigenvalue weighted by Crippen LogP contribution is 2.47. The number of ether oxygens (including phenoxy) is 1. The monoisotopic (exact) mass is 578 g/mol. The number of aliphatic carboxylic acids is 1. The number of halogens is 1. The van der Waals surface area contributed by atoms with Gasteiger partial charge in [-0.25, -0.2) is 12.4 Å². The third kappa shape index (κ3) is 4.89. The Bertz CT molecular complexity index is 1700. The van der Waals surface area contributed by atoms with Gasteiger partial charge >= 0.3 is 5.97 Å². The van der Waals surface area contributed by atoms with Gasteiger partial charge in [-0.15, -0.1) is 0 Å². The molecule has 2 heterocycles. The SMILES string of the molecule is O=C(O)C[C@H]1O[C@H](c2cccc(Cl)c2)C(c2cc3ccccc3n2S(=O)(=O)c2ccccc2)N(CC2CC2)C1=O. The lowest BCUT2D eigenvalue weighted by molar-refractivity contribution is -0.179.